The minimum atomic E-state index is -1.04. The van der Waals surface area contributed by atoms with Gasteiger partial charge in [0.15, 0.2) is 0 Å². The summed E-state index contributed by atoms with van der Waals surface area (Å²) in [4.78, 5) is 27.6. The normalized spacial score (nSPS) is 12.4. The highest BCUT2D eigenvalue weighted by molar-refractivity contribution is 7.13. The lowest BCUT2D eigenvalue weighted by atomic mass is 10.0. The molecule has 0 radical (unpaired) electrons. The molecule has 0 fully saturated rings. The molecule has 1 atom stereocenters. The van der Waals surface area contributed by atoms with E-state index in [0.29, 0.717) is 11.4 Å². The molecule has 22 heavy (non-hydrogen) atoms. The predicted molar refractivity (Wildman–Crippen MR) is 82.7 cm³/mol. The number of hydrogen-bond donors (Lipinski definition) is 2. The van der Waals surface area contributed by atoms with Crippen molar-refractivity contribution in [3.05, 3.63) is 23.5 Å². The number of amides is 1. The summed E-state index contributed by atoms with van der Waals surface area (Å²) in [6.07, 6.45) is 3.85. The quantitative estimate of drug-likeness (QED) is 0.845. The van der Waals surface area contributed by atoms with E-state index in [9.17, 15) is 9.59 Å². The van der Waals surface area contributed by atoms with E-state index in [1.807, 2.05) is 13.8 Å². The predicted octanol–water partition coefficient (Wildman–Crippen LogP) is 1.77. The van der Waals surface area contributed by atoms with Crippen LogP contribution in [0.3, 0.4) is 0 Å². The van der Waals surface area contributed by atoms with E-state index in [4.69, 9.17) is 5.11 Å². The van der Waals surface area contributed by atoms with E-state index in [1.165, 1.54) is 11.3 Å². The van der Waals surface area contributed by atoms with E-state index >= 15 is 0 Å². The van der Waals surface area contributed by atoms with Crippen LogP contribution >= 0.6 is 11.3 Å². The standard InChI is InChI=1S/C14H18N4O3S/c1-8(2)4-10(14(20)21)16-12(19)11-7-22-13(17-11)9-5-15-18(3)6-9/h5-8,10H,4H2,1-3H3,(H,16,19)(H,20,21). The Labute approximate surface area is 132 Å². The minimum Gasteiger partial charge on any atom is -0.480 e. The number of carbonyl (C=O) groups is 2. The van der Waals surface area contributed by atoms with Crippen molar-refractivity contribution < 1.29 is 14.7 Å². The van der Waals surface area contributed by atoms with Gasteiger partial charge in [-0.25, -0.2) is 9.78 Å². The second-order valence-electron chi connectivity index (χ2n) is 5.43. The summed E-state index contributed by atoms with van der Waals surface area (Å²) in [5, 5.41) is 18.0. The van der Waals surface area contributed by atoms with Gasteiger partial charge in [-0.15, -0.1) is 11.3 Å². The average Bonchev–Trinajstić information content (AvgIpc) is 3.05. The second kappa shape index (κ2) is 6.69. The van der Waals surface area contributed by atoms with E-state index in [2.05, 4.69) is 15.4 Å². The molecule has 2 rings (SSSR count). The van der Waals surface area contributed by atoms with Gasteiger partial charge in [-0.2, -0.15) is 5.10 Å². The number of hydrogen-bond acceptors (Lipinski definition) is 5. The van der Waals surface area contributed by atoms with Gasteiger partial charge in [-0.1, -0.05) is 13.8 Å². The molecular formula is C14H18N4O3S. The fourth-order valence-electron chi connectivity index (χ4n) is 1.97. The summed E-state index contributed by atoms with van der Waals surface area (Å²) in [6, 6.07) is -0.906. The van der Waals surface area contributed by atoms with Crippen molar-refractivity contribution in [2.75, 3.05) is 0 Å². The maximum atomic E-state index is 12.1. The highest BCUT2D eigenvalue weighted by Gasteiger charge is 2.23. The summed E-state index contributed by atoms with van der Waals surface area (Å²) in [5.74, 6) is -1.34. The number of thiazole rings is 1. The number of carboxylic acid groups (broad SMARTS) is 1. The van der Waals surface area contributed by atoms with Gasteiger partial charge in [-0.05, 0) is 12.3 Å². The van der Waals surface area contributed by atoms with Crippen LogP contribution in [0.4, 0.5) is 0 Å². The largest absolute Gasteiger partial charge is 0.480 e. The molecule has 2 aromatic heterocycles. The van der Waals surface area contributed by atoms with Gasteiger partial charge >= 0.3 is 5.97 Å². The van der Waals surface area contributed by atoms with Crippen molar-refractivity contribution in [1.82, 2.24) is 20.1 Å². The number of carboxylic acids is 1. The van der Waals surface area contributed by atoms with Crippen molar-refractivity contribution in [1.29, 1.82) is 0 Å². The average molecular weight is 322 g/mol. The van der Waals surface area contributed by atoms with Crippen LogP contribution < -0.4 is 5.32 Å². The zero-order valence-electron chi connectivity index (χ0n) is 12.6. The first-order valence-electron chi connectivity index (χ1n) is 6.85. The third-order valence-electron chi connectivity index (χ3n) is 3.00. The smallest absolute Gasteiger partial charge is 0.326 e. The molecule has 0 bridgehead atoms. The molecule has 2 aromatic rings. The molecule has 0 saturated heterocycles. The Bertz CT molecular complexity index is 677. The Kier molecular flexibility index (Phi) is 4.92. The van der Waals surface area contributed by atoms with Gasteiger partial charge in [0.05, 0.1) is 6.20 Å². The fourth-order valence-corrected chi connectivity index (χ4v) is 2.74. The van der Waals surface area contributed by atoms with Crippen molar-refractivity contribution in [3.8, 4) is 10.6 Å². The summed E-state index contributed by atoms with van der Waals surface area (Å²) >= 11 is 1.32. The number of nitrogens with one attached hydrogen (secondary N) is 1. The van der Waals surface area contributed by atoms with E-state index in [1.54, 1.807) is 29.5 Å². The van der Waals surface area contributed by atoms with Gasteiger partial charge in [0.1, 0.15) is 16.7 Å². The van der Waals surface area contributed by atoms with Crippen LogP contribution in [0.2, 0.25) is 0 Å². The van der Waals surface area contributed by atoms with Crippen LogP contribution in [-0.2, 0) is 11.8 Å². The molecule has 0 aliphatic carbocycles. The lowest BCUT2D eigenvalue weighted by Crippen LogP contribution is -2.41. The zero-order valence-corrected chi connectivity index (χ0v) is 13.4. The Hall–Kier alpha value is -2.22. The van der Waals surface area contributed by atoms with Crippen LogP contribution in [0, 0.1) is 5.92 Å². The number of aliphatic carboxylic acids is 1. The van der Waals surface area contributed by atoms with Crippen LogP contribution in [-0.4, -0.2) is 37.8 Å². The lowest BCUT2D eigenvalue weighted by molar-refractivity contribution is -0.139. The fraction of sp³-hybridized carbons (Fsp3) is 0.429. The summed E-state index contributed by atoms with van der Waals surface area (Å²) < 4.78 is 1.65. The molecule has 1 amide bonds. The van der Waals surface area contributed by atoms with Crippen molar-refractivity contribution in [3.63, 3.8) is 0 Å². The zero-order chi connectivity index (χ0) is 16.3. The Morgan fingerprint density at radius 2 is 2.18 bits per heavy atom. The number of aromatic nitrogens is 3. The molecule has 8 heteroatoms. The van der Waals surface area contributed by atoms with Gasteiger partial charge in [0.25, 0.3) is 5.91 Å². The molecule has 118 valence electrons. The maximum absolute atomic E-state index is 12.1. The monoisotopic (exact) mass is 322 g/mol. The number of rotatable bonds is 6. The van der Waals surface area contributed by atoms with E-state index in [0.717, 1.165) is 5.56 Å². The number of carbonyl (C=O) groups excluding carboxylic acids is 1. The third kappa shape index (κ3) is 3.91. The molecule has 0 aliphatic rings. The molecule has 1 unspecified atom stereocenters. The molecule has 0 aromatic carbocycles. The number of nitrogens with zero attached hydrogens (tertiary/aromatic N) is 3. The van der Waals surface area contributed by atoms with Crippen LogP contribution in [0.1, 0.15) is 30.8 Å². The molecule has 0 aliphatic heterocycles. The van der Waals surface area contributed by atoms with Crippen LogP contribution in [0.15, 0.2) is 17.8 Å². The van der Waals surface area contributed by atoms with Crippen molar-refractivity contribution in [2.45, 2.75) is 26.3 Å². The van der Waals surface area contributed by atoms with Gasteiger partial charge in [-0.3, -0.25) is 9.48 Å². The maximum Gasteiger partial charge on any atom is 0.326 e. The van der Waals surface area contributed by atoms with Gasteiger partial charge in [0.2, 0.25) is 0 Å². The molecule has 7 nitrogen and oxygen atoms in total. The molecular weight excluding hydrogens is 304 g/mol. The van der Waals surface area contributed by atoms with Crippen LogP contribution in [0.25, 0.3) is 10.6 Å². The van der Waals surface area contributed by atoms with Crippen molar-refractivity contribution in [2.24, 2.45) is 13.0 Å². The lowest BCUT2D eigenvalue weighted by Gasteiger charge is -2.15. The topological polar surface area (TPSA) is 97.1 Å². The first-order valence-corrected chi connectivity index (χ1v) is 7.73. The van der Waals surface area contributed by atoms with Gasteiger partial charge < -0.3 is 10.4 Å². The minimum absolute atomic E-state index is 0.169. The first kappa shape index (κ1) is 16.2. The van der Waals surface area contributed by atoms with Crippen molar-refractivity contribution >= 4 is 23.2 Å². The molecule has 0 saturated carbocycles. The summed E-state index contributed by atoms with van der Waals surface area (Å²) in [5.41, 5.74) is 1.04. The highest BCUT2D eigenvalue weighted by atomic mass is 32.1. The van der Waals surface area contributed by atoms with Crippen LogP contribution in [0.5, 0.6) is 0 Å². The van der Waals surface area contributed by atoms with E-state index in [-0.39, 0.29) is 11.6 Å². The molecule has 0 spiro atoms. The Morgan fingerprint density at radius 1 is 1.45 bits per heavy atom. The number of aryl methyl sites for hydroxylation is 1. The Morgan fingerprint density at radius 3 is 2.73 bits per heavy atom. The highest BCUT2D eigenvalue weighted by Crippen LogP contribution is 2.23. The Balaban J connectivity index is 2.09. The summed E-state index contributed by atoms with van der Waals surface area (Å²) in [7, 11) is 1.80. The van der Waals surface area contributed by atoms with Gasteiger partial charge in [0, 0.05) is 24.2 Å². The SMILES string of the molecule is CC(C)CC(NC(=O)c1csc(-c2cnn(C)c2)n1)C(=O)O. The molecule has 2 heterocycles. The van der Waals surface area contributed by atoms with E-state index < -0.39 is 17.9 Å². The summed E-state index contributed by atoms with van der Waals surface area (Å²) in [6.45, 7) is 3.82. The third-order valence-corrected chi connectivity index (χ3v) is 3.89. The first-order chi connectivity index (χ1) is 10.4. The molecule has 2 N–H and O–H groups in total. The second-order valence-corrected chi connectivity index (χ2v) is 6.29.